The first kappa shape index (κ1) is 22.5. The average Bonchev–Trinajstić information content (AvgIpc) is 2.74. The van der Waals surface area contributed by atoms with Gasteiger partial charge in [-0.2, -0.15) is 10.2 Å². The Morgan fingerprint density at radius 3 is 2.07 bits per heavy atom. The second-order valence-corrected chi connectivity index (χ2v) is 6.48. The summed E-state index contributed by atoms with van der Waals surface area (Å²) in [7, 11) is 4.02. The molecule has 0 N–H and O–H groups in total. The zero-order valence-corrected chi connectivity index (χ0v) is 17.5. The van der Waals surface area contributed by atoms with Gasteiger partial charge in [-0.05, 0) is 30.2 Å². The van der Waals surface area contributed by atoms with Crippen molar-refractivity contribution in [3.63, 3.8) is 0 Å². The third kappa shape index (κ3) is 9.32. The molecule has 1 aromatic heterocycles. The van der Waals surface area contributed by atoms with E-state index >= 15 is 0 Å². The predicted molar refractivity (Wildman–Crippen MR) is 118 cm³/mol. The number of aromatic nitrogens is 1. The van der Waals surface area contributed by atoms with Crippen LogP contribution in [-0.4, -0.2) is 64.5 Å². The van der Waals surface area contributed by atoms with Crippen LogP contribution in [0.2, 0.25) is 0 Å². The van der Waals surface area contributed by atoms with Crippen LogP contribution in [0.1, 0.15) is 24.5 Å². The smallest absolute Gasteiger partial charge is 0.213 e. The quantitative estimate of drug-likeness (QED) is 0.294. The number of ether oxygens (including phenoxy) is 3. The molecule has 0 saturated heterocycles. The van der Waals surface area contributed by atoms with Gasteiger partial charge in [0.25, 0.3) is 0 Å². The predicted octanol–water partition coefficient (Wildman–Crippen LogP) is 3.42. The van der Waals surface area contributed by atoms with E-state index in [0.717, 1.165) is 29.8 Å². The molecule has 156 valence electrons. The number of rotatable bonds is 13. The van der Waals surface area contributed by atoms with E-state index < -0.39 is 0 Å². The fraction of sp³-hybridized carbons (Fsp3) is 0.409. The van der Waals surface area contributed by atoms with Crippen molar-refractivity contribution in [1.82, 2.24) is 4.98 Å². The van der Waals surface area contributed by atoms with Crippen LogP contribution in [0.4, 0.5) is 5.69 Å². The summed E-state index contributed by atoms with van der Waals surface area (Å²) in [5.74, 6) is 0.553. The summed E-state index contributed by atoms with van der Waals surface area (Å²) >= 11 is 0. The molecule has 7 heteroatoms. The number of nitrogens with zero attached hydrogens (tertiary/aromatic N) is 4. The summed E-state index contributed by atoms with van der Waals surface area (Å²) in [4.78, 5) is 6.30. The highest BCUT2D eigenvalue weighted by Crippen LogP contribution is 2.11. The Morgan fingerprint density at radius 1 is 0.828 bits per heavy atom. The molecule has 0 unspecified atom stereocenters. The summed E-state index contributed by atoms with van der Waals surface area (Å²) < 4.78 is 16.3. The molecule has 0 bridgehead atoms. The maximum Gasteiger partial charge on any atom is 0.213 e. The molecule has 0 amide bonds. The topological polar surface area (TPSA) is 68.5 Å². The van der Waals surface area contributed by atoms with Crippen LogP contribution >= 0.6 is 0 Å². The van der Waals surface area contributed by atoms with Crippen LogP contribution in [0.25, 0.3) is 0 Å². The lowest BCUT2D eigenvalue weighted by Crippen LogP contribution is -2.11. The molecule has 29 heavy (non-hydrogen) atoms. The lowest BCUT2D eigenvalue weighted by Gasteiger charge is -2.11. The SMILES string of the molecule is CCCOCCOCCOc1ccc(/C=N/N=C/c2ccc(N(C)C)cc2)cn1. The fourth-order valence-electron chi connectivity index (χ4n) is 2.28. The van der Waals surface area contributed by atoms with Crippen LogP contribution < -0.4 is 9.64 Å². The minimum absolute atomic E-state index is 0.450. The second-order valence-electron chi connectivity index (χ2n) is 6.48. The van der Waals surface area contributed by atoms with Crippen molar-refractivity contribution in [2.45, 2.75) is 13.3 Å². The number of pyridine rings is 1. The highest BCUT2D eigenvalue weighted by molar-refractivity contribution is 5.82. The molecule has 0 radical (unpaired) electrons. The van der Waals surface area contributed by atoms with Crippen molar-refractivity contribution in [2.75, 3.05) is 52.0 Å². The van der Waals surface area contributed by atoms with Crippen LogP contribution in [0.5, 0.6) is 5.88 Å². The van der Waals surface area contributed by atoms with E-state index in [2.05, 4.69) is 27.0 Å². The fourth-order valence-corrected chi connectivity index (χ4v) is 2.28. The van der Waals surface area contributed by atoms with Crippen molar-refractivity contribution < 1.29 is 14.2 Å². The van der Waals surface area contributed by atoms with Gasteiger partial charge in [-0.1, -0.05) is 19.1 Å². The van der Waals surface area contributed by atoms with Crippen molar-refractivity contribution in [2.24, 2.45) is 10.2 Å². The highest BCUT2D eigenvalue weighted by atomic mass is 16.5. The average molecular weight is 399 g/mol. The molecule has 1 aromatic carbocycles. The van der Waals surface area contributed by atoms with Gasteiger partial charge in [0.1, 0.15) is 6.61 Å². The Morgan fingerprint density at radius 2 is 1.45 bits per heavy atom. The molecule has 0 aliphatic heterocycles. The number of anilines is 1. The monoisotopic (exact) mass is 398 g/mol. The normalized spacial score (nSPS) is 11.4. The summed E-state index contributed by atoms with van der Waals surface area (Å²) in [6, 6.07) is 11.8. The van der Waals surface area contributed by atoms with Gasteiger partial charge in [0.05, 0.1) is 32.2 Å². The number of hydrogen-bond donors (Lipinski definition) is 0. The van der Waals surface area contributed by atoms with Crippen molar-refractivity contribution in [1.29, 1.82) is 0 Å². The van der Waals surface area contributed by atoms with Gasteiger partial charge in [0.15, 0.2) is 0 Å². The van der Waals surface area contributed by atoms with Crippen molar-refractivity contribution in [3.8, 4) is 5.88 Å². The maximum atomic E-state index is 5.54. The summed E-state index contributed by atoms with van der Waals surface area (Å²) in [5.41, 5.74) is 2.99. The van der Waals surface area contributed by atoms with E-state index in [9.17, 15) is 0 Å². The molecule has 7 nitrogen and oxygen atoms in total. The second kappa shape index (κ2) is 13.4. The molecule has 0 spiro atoms. The Labute approximate surface area is 173 Å². The van der Waals surface area contributed by atoms with Crippen LogP contribution in [0, 0.1) is 0 Å². The van der Waals surface area contributed by atoms with E-state index in [0.29, 0.717) is 32.3 Å². The van der Waals surface area contributed by atoms with Gasteiger partial charge in [-0.25, -0.2) is 4.98 Å². The summed E-state index contributed by atoms with van der Waals surface area (Å²) in [5, 5.41) is 8.14. The maximum absolute atomic E-state index is 5.54. The van der Waals surface area contributed by atoms with E-state index in [1.807, 2.05) is 44.4 Å². The molecule has 0 aliphatic rings. The minimum atomic E-state index is 0.450. The lowest BCUT2D eigenvalue weighted by molar-refractivity contribution is 0.0361. The van der Waals surface area contributed by atoms with Crippen molar-refractivity contribution >= 4 is 18.1 Å². The third-order valence-corrected chi connectivity index (χ3v) is 3.85. The number of benzene rings is 1. The minimum Gasteiger partial charge on any atom is -0.475 e. The Kier molecular flexibility index (Phi) is 10.4. The first-order valence-electron chi connectivity index (χ1n) is 9.77. The molecule has 0 aliphatic carbocycles. The number of hydrogen-bond acceptors (Lipinski definition) is 7. The van der Waals surface area contributed by atoms with Gasteiger partial charge in [-0.3, -0.25) is 0 Å². The Bertz CT molecular complexity index is 744. The summed E-state index contributed by atoms with van der Waals surface area (Å²) in [6.45, 7) is 5.00. The zero-order chi connectivity index (χ0) is 20.7. The molecule has 1 heterocycles. The Balaban J connectivity index is 1.67. The van der Waals surface area contributed by atoms with Gasteiger partial charge < -0.3 is 19.1 Å². The van der Waals surface area contributed by atoms with E-state index in [-0.39, 0.29) is 0 Å². The zero-order valence-electron chi connectivity index (χ0n) is 17.5. The van der Waals surface area contributed by atoms with Gasteiger partial charge in [-0.15, -0.1) is 0 Å². The first-order valence-corrected chi connectivity index (χ1v) is 9.77. The molecular formula is C22H30N4O3. The highest BCUT2D eigenvalue weighted by Gasteiger charge is 1.97. The molecule has 0 atom stereocenters. The molecule has 2 aromatic rings. The largest absolute Gasteiger partial charge is 0.475 e. The first-order chi connectivity index (χ1) is 14.2. The molecular weight excluding hydrogens is 368 g/mol. The van der Waals surface area contributed by atoms with E-state index in [4.69, 9.17) is 14.2 Å². The third-order valence-electron chi connectivity index (χ3n) is 3.85. The van der Waals surface area contributed by atoms with Gasteiger partial charge in [0, 0.05) is 44.2 Å². The Hall–Kier alpha value is -2.77. The van der Waals surface area contributed by atoms with E-state index in [1.165, 1.54) is 0 Å². The summed E-state index contributed by atoms with van der Waals surface area (Å²) in [6.07, 6.45) is 6.08. The van der Waals surface area contributed by atoms with E-state index in [1.54, 1.807) is 24.7 Å². The molecule has 2 rings (SSSR count). The standard InChI is InChI=1S/C22H30N4O3/c1-4-11-27-12-13-28-14-15-29-22-10-7-20(16-23-22)18-25-24-17-19-5-8-21(9-6-19)26(2)3/h5-10,16-18H,4,11-15H2,1-3H3/b24-17+,25-18+. The van der Waals surface area contributed by atoms with Crippen LogP contribution in [0.15, 0.2) is 52.8 Å². The van der Waals surface area contributed by atoms with Gasteiger partial charge in [0.2, 0.25) is 5.88 Å². The molecule has 0 saturated carbocycles. The van der Waals surface area contributed by atoms with Crippen LogP contribution in [-0.2, 0) is 9.47 Å². The lowest BCUT2D eigenvalue weighted by atomic mass is 10.2. The van der Waals surface area contributed by atoms with Crippen molar-refractivity contribution in [3.05, 3.63) is 53.7 Å². The van der Waals surface area contributed by atoms with Crippen LogP contribution in [0.3, 0.4) is 0 Å². The molecule has 0 fully saturated rings. The van der Waals surface area contributed by atoms with Gasteiger partial charge >= 0.3 is 0 Å².